The molecule has 21 heavy (non-hydrogen) atoms. The molecule has 4 heteroatoms. The van der Waals surface area contributed by atoms with Crippen LogP contribution in [0.2, 0.25) is 0 Å². The normalized spacial score (nSPS) is 14.5. The maximum Gasteiger partial charge on any atom is 0.122 e. The van der Waals surface area contributed by atoms with Gasteiger partial charge in [-0.2, -0.15) is 5.26 Å². The van der Waals surface area contributed by atoms with E-state index in [1.54, 1.807) is 0 Å². The summed E-state index contributed by atoms with van der Waals surface area (Å²) in [7, 11) is 2.11. The molecule has 3 nitrogen and oxygen atoms in total. The summed E-state index contributed by atoms with van der Waals surface area (Å²) in [6.45, 7) is 3.92. The van der Waals surface area contributed by atoms with Crippen LogP contribution in [0, 0.1) is 22.9 Å². The highest BCUT2D eigenvalue weighted by Crippen LogP contribution is 2.32. The second-order valence-corrected chi connectivity index (χ2v) is 6.04. The second-order valence-electron chi connectivity index (χ2n) is 5.63. The summed E-state index contributed by atoms with van der Waals surface area (Å²) in [6, 6.07) is 10.6. The number of H-pyrrole nitrogens is 1. The molecule has 0 radical (unpaired) electrons. The number of nitriles is 1. The van der Waals surface area contributed by atoms with Crippen molar-refractivity contribution in [3.8, 4) is 17.2 Å². The van der Waals surface area contributed by atoms with Gasteiger partial charge in [0.15, 0.2) is 0 Å². The van der Waals surface area contributed by atoms with Gasteiger partial charge in [-0.05, 0) is 25.1 Å². The van der Waals surface area contributed by atoms with E-state index in [2.05, 4.69) is 54.2 Å². The zero-order valence-electron chi connectivity index (χ0n) is 12.2. The average Bonchev–Trinajstić information content (AvgIpc) is 2.47. The van der Waals surface area contributed by atoms with E-state index in [9.17, 15) is 5.26 Å². The lowest BCUT2D eigenvalue weighted by molar-refractivity contribution is 0.310. The maximum atomic E-state index is 9.53. The lowest BCUT2D eigenvalue weighted by atomic mass is 9.91. The monoisotopic (exact) mass is 295 g/mol. The van der Waals surface area contributed by atoms with Gasteiger partial charge in [0.1, 0.15) is 10.7 Å². The quantitative estimate of drug-likeness (QED) is 0.818. The molecule has 3 rings (SSSR count). The number of aryl methyl sites for hydroxylation is 1. The van der Waals surface area contributed by atoms with E-state index in [0.29, 0.717) is 10.2 Å². The van der Waals surface area contributed by atoms with Crippen LogP contribution in [0.4, 0.5) is 0 Å². The molecular weight excluding hydrogens is 278 g/mol. The highest BCUT2D eigenvalue weighted by Gasteiger charge is 2.21. The number of rotatable bonds is 1. The predicted octanol–water partition coefficient (Wildman–Crippen LogP) is 3.58. The van der Waals surface area contributed by atoms with Crippen LogP contribution in [0.15, 0.2) is 24.3 Å². The second kappa shape index (κ2) is 5.44. The number of nitrogens with one attached hydrogen (secondary N) is 1. The number of nitrogens with zero attached hydrogens (tertiary/aromatic N) is 2. The van der Waals surface area contributed by atoms with E-state index in [1.165, 1.54) is 16.8 Å². The Kier molecular flexibility index (Phi) is 3.62. The molecular formula is C17H17N3S. The maximum absolute atomic E-state index is 9.53. The highest BCUT2D eigenvalue weighted by molar-refractivity contribution is 7.71. The van der Waals surface area contributed by atoms with Crippen molar-refractivity contribution >= 4 is 12.2 Å². The van der Waals surface area contributed by atoms with Crippen LogP contribution in [-0.2, 0) is 13.0 Å². The summed E-state index contributed by atoms with van der Waals surface area (Å²) >= 11 is 5.39. The fourth-order valence-electron chi connectivity index (χ4n) is 2.88. The first-order chi connectivity index (χ1) is 10.1. The lowest BCUT2D eigenvalue weighted by Gasteiger charge is -2.27. The average molecular weight is 295 g/mol. The molecule has 0 saturated carbocycles. The number of fused-ring (bicyclic) bond motifs is 1. The SMILES string of the molecule is Cc1ccc(-c2c3c([nH]c(=S)c2C#N)CCN(C)C3)cc1. The molecule has 0 aliphatic carbocycles. The zero-order valence-corrected chi connectivity index (χ0v) is 13.0. The van der Waals surface area contributed by atoms with Crippen LogP contribution in [0.5, 0.6) is 0 Å². The molecule has 0 fully saturated rings. The van der Waals surface area contributed by atoms with Crippen molar-refractivity contribution in [3.05, 3.63) is 51.3 Å². The first-order valence-electron chi connectivity index (χ1n) is 7.04. The summed E-state index contributed by atoms with van der Waals surface area (Å²) in [5.41, 5.74) is 6.25. The van der Waals surface area contributed by atoms with Crippen LogP contribution in [-0.4, -0.2) is 23.5 Å². The molecule has 1 aliphatic rings. The van der Waals surface area contributed by atoms with Gasteiger partial charge in [-0.25, -0.2) is 0 Å². The van der Waals surface area contributed by atoms with Crippen LogP contribution in [0.3, 0.4) is 0 Å². The standard InChI is InChI=1S/C17H17N3S/c1-11-3-5-12(6-4-11)16-13(9-18)17(21)19-15-7-8-20(2)10-14(15)16/h3-6H,7-8,10H2,1-2H3,(H,19,21). The number of hydrogen-bond acceptors (Lipinski definition) is 3. The van der Waals surface area contributed by atoms with Gasteiger partial charge in [-0.15, -0.1) is 0 Å². The van der Waals surface area contributed by atoms with Crippen LogP contribution < -0.4 is 0 Å². The van der Waals surface area contributed by atoms with Gasteiger partial charge in [0.2, 0.25) is 0 Å². The Balaban J connectivity index is 2.31. The summed E-state index contributed by atoms with van der Waals surface area (Å²) in [6.07, 6.45) is 0.944. The molecule has 0 atom stereocenters. The number of pyridine rings is 1. The molecule has 0 saturated heterocycles. The van der Waals surface area contributed by atoms with Gasteiger partial charge in [-0.3, -0.25) is 0 Å². The van der Waals surface area contributed by atoms with Crippen molar-refractivity contribution in [2.45, 2.75) is 19.9 Å². The third-order valence-electron chi connectivity index (χ3n) is 4.03. The van der Waals surface area contributed by atoms with Crippen LogP contribution >= 0.6 is 12.2 Å². The molecule has 1 aliphatic heterocycles. The molecule has 0 unspecified atom stereocenters. The molecule has 2 aromatic rings. The third kappa shape index (κ3) is 2.51. The number of benzene rings is 1. The van der Waals surface area contributed by atoms with Crippen molar-refractivity contribution in [3.63, 3.8) is 0 Å². The van der Waals surface area contributed by atoms with Crippen molar-refractivity contribution in [1.82, 2.24) is 9.88 Å². The van der Waals surface area contributed by atoms with E-state index in [1.807, 2.05) is 0 Å². The minimum atomic E-state index is 0.552. The van der Waals surface area contributed by atoms with E-state index in [-0.39, 0.29) is 0 Å². The molecule has 1 aromatic heterocycles. The Morgan fingerprint density at radius 3 is 2.67 bits per heavy atom. The van der Waals surface area contributed by atoms with E-state index >= 15 is 0 Å². The fraction of sp³-hybridized carbons (Fsp3) is 0.294. The summed E-state index contributed by atoms with van der Waals surface area (Å²) in [5, 5.41) is 9.53. The van der Waals surface area contributed by atoms with Gasteiger partial charge in [0.25, 0.3) is 0 Å². The van der Waals surface area contributed by atoms with Gasteiger partial charge in [0, 0.05) is 30.8 Å². The Bertz CT molecular complexity index is 781. The molecule has 0 amide bonds. The smallest absolute Gasteiger partial charge is 0.122 e. The van der Waals surface area contributed by atoms with E-state index in [0.717, 1.165) is 30.6 Å². The predicted molar refractivity (Wildman–Crippen MR) is 86.6 cm³/mol. The lowest BCUT2D eigenvalue weighted by Crippen LogP contribution is -2.28. The van der Waals surface area contributed by atoms with Crippen LogP contribution in [0.25, 0.3) is 11.1 Å². The Hall–Kier alpha value is -1.96. The number of aromatic amines is 1. The Morgan fingerprint density at radius 2 is 2.00 bits per heavy atom. The fourth-order valence-corrected chi connectivity index (χ4v) is 3.15. The number of aromatic nitrogens is 1. The summed E-state index contributed by atoms with van der Waals surface area (Å²) < 4.78 is 0.552. The van der Waals surface area contributed by atoms with Crippen molar-refractivity contribution in [2.24, 2.45) is 0 Å². The Morgan fingerprint density at radius 1 is 1.29 bits per heavy atom. The molecule has 1 N–H and O–H groups in total. The molecule has 0 spiro atoms. The van der Waals surface area contributed by atoms with Gasteiger partial charge in [-0.1, -0.05) is 42.0 Å². The van der Waals surface area contributed by atoms with Gasteiger partial charge >= 0.3 is 0 Å². The van der Waals surface area contributed by atoms with Crippen molar-refractivity contribution in [2.75, 3.05) is 13.6 Å². The number of hydrogen-bond donors (Lipinski definition) is 1. The largest absolute Gasteiger partial charge is 0.349 e. The summed E-state index contributed by atoms with van der Waals surface area (Å²) in [5.74, 6) is 0. The topological polar surface area (TPSA) is 42.8 Å². The van der Waals surface area contributed by atoms with Crippen molar-refractivity contribution in [1.29, 1.82) is 5.26 Å². The minimum absolute atomic E-state index is 0.552. The number of likely N-dealkylation sites (N-methyl/N-ethyl adjacent to an activating group) is 1. The first kappa shape index (κ1) is 14.0. The minimum Gasteiger partial charge on any atom is -0.349 e. The van der Waals surface area contributed by atoms with Gasteiger partial charge < -0.3 is 9.88 Å². The van der Waals surface area contributed by atoms with E-state index < -0.39 is 0 Å². The molecule has 1 aromatic carbocycles. The molecule has 2 heterocycles. The van der Waals surface area contributed by atoms with Crippen molar-refractivity contribution < 1.29 is 0 Å². The first-order valence-corrected chi connectivity index (χ1v) is 7.44. The highest BCUT2D eigenvalue weighted by atomic mass is 32.1. The van der Waals surface area contributed by atoms with Crippen LogP contribution in [0.1, 0.15) is 22.4 Å². The third-order valence-corrected chi connectivity index (χ3v) is 4.34. The Labute approximate surface area is 129 Å². The molecule has 106 valence electrons. The van der Waals surface area contributed by atoms with E-state index in [4.69, 9.17) is 12.2 Å². The summed E-state index contributed by atoms with van der Waals surface area (Å²) in [4.78, 5) is 5.53. The zero-order chi connectivity index (χ0) is 15.0. The molecule has 0 bridgehead atoms. The van der Waals surface area contributed by atoms with Gasteiger partial charge in [0.05, 0.1) is 5.56 Å².